The van der Waals surface area contributed by atoms with E-state index in [1.54, 1.807) is 28.2 Å². The van der Waals surface area contributed by atoms with Crippen molar-refractivity contribution in [3.8, 4) is 22.4 Å². The number of nitrogens with zero attached hydrogens (tertiary/aromatic N) is 3. The standard InChI is InChI=1S/C28H32N4O4S/c1-5-34-22-14-20(15-23(35-6-2)26(22)36-7-3)27(33)30-25-12-17(4)31-32(25)28-29-21-13-18-10-8-9-11-19(18)16-24(21)37-28/h12-16H,5-11H2,1-4H3,(H,30,33). The Balaban J connectivity index is 1.48. The lowest BCUT2D eigenvalue weighted by Crippen LogP contribution is -2.16. The summed E-state index contributed by atoms with van der Waals surface area (Å²) >= 11 is 1.58. The number of hydrogen-bond donors (Lipinski definition) is 1. The van der Waals surface area contributed by atoms with Crippen molar-refractivity contribution in [2.24, 2.45) is 0 Å². The molecule has 0 bridgehead atoms. The van der Waals surface area contributed by atoms with E-state index < -0.39 is 0 Å². The van der Waals surface area contributed by atoms with Gasteiger partial charge in [-0.15, -0.1) is 0 Å². The molecule has 0 saturated carbocycles. The van der Waals surface area contributed by atoms with Crippen molar-refractivity contribution in [3.63, 3.8) is 0 Å². The molecule has 1 N–H and O–H groups in total. The van der Waals surface area contributed by atoms with Gasteiger partial charge in [-0.25, -0.2) is 4.98 Å². The zero-order valence-corrected chi connectivity index (χ0v) is 22.5. The largest absolute Gasteiger partial charge is 0.490 e. The van der Waals surface area contributed by atoms with Crippen LogP contribution in [0.25, 0.3) is 15.3 Å². The molecule has 0 spiro atoms. The van der Waals surface area contributed by atoms with Crippen LogP contribution in [-0.2, 0) is 12.8 Å². The lowest BCUT2D eigenvalue weighted by molar-refractivity contribution is 0.102. The highest BCUT2D eigenvalue weighted by Crippen LogP contribution is 2.39. The van der Waals surface area contributed by atoms with Gasteiger partial charge in [0.2, 0.25) is 10.9 Å². The molecule has 2 aromatic carbocycles. The zero-order valence-electron chi connectivity index (χ0n) is 21.7. The molecule has 0 radical (unpaired) electrons. The predicted molar refractivity (Wildman–Crippen MR) is 146 cm³/mol. The molecule has 1 amide bonds. The molecular formula is C28H32N4O4S. The summed E-state index contributed by atoms with van der Waals surface area (Å²) < 4.78 is 20.2. The minimum absolute atomic E-state index is 0.303. The molecule has 0 atom stereocenters. The van der Waals surface area contributed by atoms with Gasteiger partial charge < -0.3 is 19.5 Å². The van der Waals surface area contributed by atoms with Crippen LogP contribution in [0.3, 0.4) is 0 Å². The number of amides is 1. The van der Waals surface area contributed by atoms with Crippen molar-refractivity contribution in [1.29, 1.82) is 0 Å². The number of nitrogens with one attached hydrogen (secondary N) is 1. The summed E-state index contributed by atoms with van der Waals surface area (Å²) in [5.41, 5.74) is 4.97. The maximum atomic E-state index is 13.4. The molecule has 8 nitrogen and oxygen atoms in total. The number of carbonyl (C=O) groups excluding carboxylic acids is 1. The van der Waals surface area contributed by atoms with Gasteiger partial charge in [-0.2, -0.15) is 9.78 Å². The fourth-order valence-corrected chi connectivity index (χ4v) is 5.65. The van der Waals surface area contributed by atoms with Gasteiger partial charge in [0, 0.05) is 11.6 Å². The molecule has 2 heterocycles. The van der Waals surface area contributed by atoms with Crippen molar-refractivity contribution < 1.29 is 19.0 Å². The molecule has 0 saturated heterocycles. The number of fused-ring (bicyclic) bond motifs is 2. The number of hydrogen-bond acceptors (Lipinski definition) is 7. The third-order valence-corrected chi connectivity index (χ3v) is 7.26. The van der Waals surface area contributed by atoms with Gasteiger partial charge in [-0.05, 0) is 88.8 Å². The average Bonchev–Trinajstić information content (AvgIpc) is 3.46. The number of anilines is 1. The summed E-state index contributed by atoms with van der Waals surface area (Å²) in [6.45, 7) is 8.89. The second-order valence-corrected chi connectivity index (χ2v) is 9.94. The lowest BCUT2D eigenvalue weighted by atomic mass is 9.92. The lowest BCUT2D eigenvalue weighted by Gasteiger charge is -2.17. The molecule has 4 aromatic rings. The molecule has 194 valence electrons. The van der Waals surface area contributed by atoms with Crippen LogP contribution in [0.15, 0.2) is 30.3 Å². The van der Waals surface area contributed by atoms with E-state index in [2.05, 4.69) is 22.5 Å². The molecule has 1 aliphatic rings. The van der Waals surface area contributed by atoms with Crippen LogP contribution in [-0.4, -0.2) is 40.5 Å². The summed E-state index contributed by atoms with van der Waals surface area (Å²) in [6.07, 6.45) is 4.69. The quantitative estimate of drug-likeness (QED) is 0.286. The van der Waals surface area contributed by atoms with Crippen LogP contribution in [0.1, 0.15) is 60.8 Å². The van der Waals surface area contributed by atoms with E-state index in [9.17, 15) is 4.79 Å². The van der Waals surface area contributed by atoms with Crippen molar-refractivity contribution >= 4 is 33.3 Å². The van der Waals surface area contributed by atoms with Crippen LogP contribution in [0.2, 0.25) is 0 Å². The first-order chi connectivity index (χ1) is 18.0. The first-order valence-corrected chi connectivity index (χ1v) is 13.7. The summed E-state index contributed by atoms with van der Waals surface area (Å²) in [7, 11) is 0. The predicted octanol–water partition coefficient (Wildman–Crippen LogP) is 6.12. The smallest absolute Gasteiger partial charge is 0.257 e. The summed E-state index contributed by atoms with van der Waals surface area (Å²) in [6, 6.07) is 9.69. The zero-order chi connectivity index (χ0) is 25.9. The van der Waals surface area contributed by atoms with Crippen LogP contribution in [0.5, 0.6) is 17.2 Å². The van der Waals surface area contributed by atoms with Gasteiger partial charge in [-0.3, -0.25) is 4.79 Å². The topological polar surface area (TPSA) is 87.5 Å². The van der Waals surface area contributed by atoms with Crippen molar-refractivity contribution in [3.05, 3.63) is 52.7 Å². The average molecular weight is 521 g/mol. The summed E-state index contributed by atoms with van der Waals surface area (Å²) in [4.78, 5) is 18.3. The van der Waals surface area contributed by atoms with E-state index in [-0.39, 0.29) is 5.91 Å². The number of ether oxygens (including phenoxy) is 3. The number of carbonyl (C=O) groups is 1. The Morgan fingerprint density at radius 2 is 1.59 bits per heavy atom. The Morgan fingerprint density at radius 3 is 2.24 bits per heavy atom. The number of aromatic nitrogens is 3. The van der Waals surface area contributed by atoms with Crippen LogP contribution in [0.4, 0.5) is 5.82 Å². The molecule has 9 heteroatoms. The maximum Gasteiger partial charge on any atom is 0.257 e. The van der Waals surface area contributed by atoms with E-state index in [1.165, 1.54) is 24.0 Å². The molecule has 37 heavy (non-hydrogen) atoms. The van der Waals surface area contributed by atoms with Gasteiger partial charge in [0.05, 0.1) is 35.7 Å². The SMILES string of the molecule is CCOc1cc(C(=O)Nc2cc(C)nn2-c2nc3cc4c(cc3s2)CCCC4)cc(OCC)c1OCC. The third-order valence-electron chi connectivity index (χ3n) is 6.27. The summed E-state index contributed by atoms with van der Waals surface area (Å²) in [5, 5.41) is 8.37. The van der Waals surface area contributed by atoms with E-state index in [0.29, 0.717) is 48.5 Å². The molecule has 0 fully saturated rings. The highest BCUT2D eigenvalue weighted by molar-refractivity contribution is 7.20. The fraction of sp³-hybridized carbons (Fsp3) is 0.393. The Hall–Kier alpha value is -3.59. The Labute approximate surface area is 220 Å². The maximum absolute atomic E-state index is 13.4. The van der Waals surface area contributed by atoms with Crippen LogP contribution in [0, 0.1) is 6.92 Å². The molecule has 1 aliphatic carbocycles. The normalized spacial score (nSPS) is 12.9. The molecule has 0 aliphatic heterocycles. The van der Waals surface area contributed by atoms with E-state index in [4.69, 9.17) is 19.2 Å². The number of benzene rings is 2. The second kappa shape index (κ2) is 10.8. The van der Waals surface area contributed by atoms with Gasteiger partial charge in [0.1, 0.15) is 5.82 Å². The Kier molecular flexibility index (Phi) is 7.32. The van der Waals surface area contributed by atoms with Gasteiger partial charge in [-0.1, -0.05) is 11.3 Å². The first-order valence-electron chi connectivity index (χ1n) is 12.9. The Morgan fingerprint density at radius 1 is 0.946 bits per heavy atom. The molecule has 0 unspecified atom stereocenters. The van der Waals surface area contributed by atoms with Crippen molar-refractivity contribution in [1.82, 2.24) is 14.8 Å². The van der Waals surface area contributed by atoms with E-state index in [0.717, 1.165) is 33.9 Å². The summed E-state index contributed by atoms with van der Waals surface area (Å²) in [5.74, 6) is 1.69. The van der Waals surface area contributed by atoms with E-state index >= 15 is 0 Å². The number of rotatable bonds is 9. The monoisotopic (exact) mass is 520 g/mol. The van der Waals surface area contributed by atoms with Gasteiger partial charge in [0.15, 0.2) is 11.5 Å². The molecule has 2 aromatic heterocycles. The minimum Gasteiger partial charge on any atom is -0.490 e. The van der Waals surface area contributed by atoms with Crippen molar-refractivity contribution in [2.75, 3.05) is 25.1 Å². The first kappa shape index (κ1) is 25.1. The van der Waals surface area contributed by atoms with Crippen molar-refractivity contribution in [2.45, 2.75) is 53.4 Å². The highest BCUT2D eigenvalue weighted by atomic mass is 32.1. The fourth-order valence-electron chi connectivity index (χ4n) is 4.68. The number of thiazole rings is 1. The van der Waals surface area contributed by atoms with Gasteiger partial charge in [0.25, 0.3) is 5.91 Å². The third kappa shape index (κ3) is 5.13. The van der Waals surface area contributed by atoms with Crippen LogP contribution >= 0.6 is 11.3 Å². The van der Waals surface area contributed by atoms with E-state index in [1.807, 2.05) is 33.8 Å². The second-order valence-electron chi connectivity index (χ2n) is 8.93. The number of aryl methyl sites for hydroxylation is 3. The minimum atomic E-state index is -0.303. The molecule has 5 rings (SSSR count). The molecular weight excluding hydrogens is 488 g/mol. The van der Waals surface area contributed by atoms with Crippen LogP contribution < -0.4 is 19.5 Å². The van der Waals surface area contributed by atoms with Gasteiger partial charge >= 0.3 is 0 Å². The Bertz CT molecular complexity index is 1370. The highest BCUT2D eigenvalue weighted by Gasteiger charge is 2.21.